The summed E-state index contributed by atoms with van der Waals surface area (Å²) in [6.45, 7) is 7.95. The summed E-state index contributed by atoms with van der Waals surface area (Å²) in [5.74, 6) is 0. The predicted molar refractivity (Wildman–Crippen MR) is 57.4 cm³/mol. The SMILES string of the molecule is CCCNC(=O)N(C)CCOC(C)C. The summed E-state index contributed by atoms with van der Waals surface area (Å²) in [6, 6.07) is -0.0285. The smallest absolute Gasteiger partial charge is 0.317 e. The lowest BCUT2D eigenvalue weighted by Crippen LogP contribution is -2.39. The van der Waals surface area contributed by atoms with Gasteiger partial charge in [0.15, 0.2) is 0 Å². The number of likely N-dealkylation sites (N-methyl/N-ethyl adjacent to an activating group) is 1. The standard InChI is InChI=1S/C10H22N2O2/c1-5-6-11-10(13)12(4)7-8-14-9(2)3/h9H,5-8H2,1-4H3,(H,11,13). The number of hydrogen-bond donors (Lipinski definition) is 1. The zero-order chi connectivity index (χ0) is 11.0. The number of nitrogens with zero attached hydrogens (tertiary/aromatic N) is 1. The van der Waals surface area contributed by atoms with Gasteiger partial charge in [0.2, 0.25) is 0 Å². The second-order valence-corrected chi connectivity index (χ2v) is 3.57. The second-order valence-electron chi connectivity index (χ2n) is 3.57. The van der Waals surface area contributed by atoms with Gasteiger partial charge in [-0.05, 0) is 20.3 Å². The zero-order valence-corrected chi connectivity index (χ0v) is 9.67. The van der Waals surface area contributed by atoms with Crippen LogP contribution >= 0.6 is 0 Å². The molecule has 0 aromatic carbocycles. The van der Waals surface area contributed by atoms with Crippen molar-refractivity contribution in [3.8, 4) is 0 Å². The molecular formula is C10H22N2O2. The van der Waals surface area contributed by atoms with Gasteiger partial charge in [-0.1, -0.05) is 6.92 Å². The molecule has 0 atom stereocenters. The number of urea groups is 1. The Bertz CT molecular complexity index is 160. The van der Waals surface area contributed by atoms with Crippen LogP contribution in [-0.4, -0.2) is 43.8 Å². The summed E-state index contributed by atoms with van der Waals surface area (Å²) in [6.07, 6.45) is 1.18. The van der Waals surface area contributed by atoms with E-state index in [-0.39, 0.29) is 12.1 Å². The van der Waals surface area contributed by atoms with Crippen LogP contribution in [-0.2, 0) is 4.74 Å². The molecule has 84 valence electrons. The van der Waals surface area contributed by atoms with Gasteiger partial charge in [-0.25, -0.2) is 4.79 Å². The minimum absolute atomic E-state index is 0.0285. The molecule has 0 heterocycles. The van der Waals surface area contributed by atoms with E-state index in [9.17, 15) is 4.79 Å². The van der Waals surface area contributed by atoms with E-state index >= 15 is 0 Å². The van der Waals surface area contributed by atoms with E-state index < -0.39 is 0 Å². The lowest BCUT2D eigenvalue weighted by molar-refractivity contribution is 0.0681. The molecule has 0 aliphatic rings. The molecule has 0 radical (unpaired) electrons. The molecule has 0 spiro atoms. The summed E-state index contributed by atoms with van der Waals surface area (Å²) in [5.41, 5.74) is 0. The first kappa shape index (κ1) is 13.2. The quantitative estimate of drug-likeness (QED) is 0.708. The van der Waals surface area contributed by atoms with Crippen LogP contribution in [0.25, 0.3) is 0 Å². The molecule has 2 amide bonds. The first-order valence-corrected chi connectivity index (χ1v) is 5.18. The number of amides is 2. The average Bonchev–Trinajstić information content (AvgIpc) is 2.13. The number of rotatable bonds is 6. The summed E-state index contributed by atoms with van der Waals surface area (Å²) in [4.78, 5) is 13.0. The van der Waals surface area contributed by atoms with E-state index in [1.807, 2.05) is 20.8 Å². The largest absolute Gasteiger partial charge is 0.377 e. The fourth-order valence-electron chi connectivity index (χ4n) is 0.894. The molecular weight excluding hydrogens is 180 g/mol. The van der Waals surface area contributed by atoms with Gasteiger partial charge in [0.1, 0.15) is 0 Å². The predicted octanol–water partition coefficient (Wildman–Crippen LogP) is 1.46. The minimum atomic E-state index is -0.0285. The van der Waals surface area contributed by atoms with Crippen LogP contribution < -0.4 is 5.32 Å². The Labute approximate surface area is 86.6 Å². The Morgan fingerprint density at radius 1 is 1.50 bits per heavy atom. The third kappa shape index (κ3) is 6.71. The number of hydrogen-bond acceptors (Lipinski definition) is 2. The van der Waals surface area contributed by atoms with Crippen molar-refractivity contribution < 1.29 is 9.53 Å². The van der Waals surface area contributed by atoms with Gasteiger partial charge in [0.25, 0.3) is 0 Å². The highest BCUT2D eigenvalue weighted by atomic mass is 16.5. The normalized spacial score (nSPS) is 10.4. The summed E-state index contributed by atoms with van der Waals surface area (Å²) < 4.78 is 5.35. The summed E-state index contributed by atoms with van der Waals surface area (Å²) in [7, 11) is 1.77. The minimum Gasteiger partial charge on any atom is -0.377 e. The van der Waals surface area contributed by atoms with Crippen molar-refractivity contribution in [1.82, 2.24) is 10.2 Å². The molecule has 0 aliphatic carbocycles. The molecule has 0 unspecified atom stereocenters. The highest BCUT2D eigenvalue weighted by Crippen LogP contribution is 1.90. The molecule has 0 aromatic heterocycles. The maximum atomic E-state index is 11.3. The van der Waals surface area contributed by atoms with Crippen LogP contribution in [0.1, 0.15) is 27.2 Å². The van der Waals surface area contributed by atoms with Crippen LogP contribution in [0.5, 0.6) is 0 Å². The van der Waals surface area contributed by atoms with E-state index in [0.717, 1.165) is 13.0 Å². The van der Waals surface area contributed by atoms with Crippen molar-refractivity contribution in [1.29, 1.82) is 0 Å². The summed E-state index contributed by atoms with van der Waals surface area (Å²) in [5, 5.41) is 2.80. The lowest BCUT2D eigenvalue weighted by atomic mass is 10.5. The Hall–Kier alpha value is -0.770. The molecule has 4 nitrogen and oxygen atoms in total. The monoisotopic (exact) mass is 202 g/mol. The molecule has 0 saturated carbocycles. The van der Waals surface area contributed by atoms with Crippen molar-refractivity contribution in [3.63, 3.8) is 0 Å². The Balaban J connectivity index is 3.51. The molecule has 1 N–H and O–H groups in total. The van der Waals surface area contributed by atoms with E-state index in [2.05, 4.69) is 5.32 Å². The summed E-state index contributed by atoms with van der Waals surface area (Å²) >= 11 is 0. The van der Waals surface area contributed by atoms with Crippen molar-refractivity contribution >= 4 is 6.03 Å². The van der Waals surface area contributed by atoms with Gasteiger partial charge in [-0.2, -0.15) is 0 Å². The van der Waals surface area contributed by atoms with Crippen LogP contribution in [0.4, 0.5) is 4.79 Å². The third-order valence-electron chi connectivity index (χ3n) is 1.75. The van der Waals surface area contributed by atoms with Crippen molar-refractivity contribution in [3.05, 3.63) is 0 Å². The number of nitrogens with one attached hydrogen (secondary N) is 1. The van der Waals surface area contributed by atoms with Gasteiger partial charge in [0, 0.05) is 20.1 Å². The molecule has 0 fully saturated rings. The first-order valence-electron chi connectivity index (χ1n) is 5.18. The van der Waals surface area contributed by atoms with E-state index in [4.69, 9.17) is 4.74 Å². The second kappa shape index (κ2) is 7.62. The van der Waals surface area contributed by atoms with Crippen LogP contribution in [0, 0.1) is 0 Å². The van der Waals surface area contributed by atoms with Gasteiger partial charge < -0.3 is 15.0 Å². The molecule has 0 bridgehead atoms. The van der Waals surface area contributed by atoms with Crippen molar-refractivity contribution in [2.45, 2.75) is 33.3 Å². The van der Waals surface area contributed by atoms with Crippen molar-refractivity contribution in [2.75, 3.05) is 26.7 Å². The van der Waals surface area contributed by atoms with Crippen molar-refractivity contribution in [2.24, 2.45) is 0 Å². The zero-order valence-electron chi connectivity index (χ0n) is 9.67. The first-order chi connectivity index (χ1) is 6.57. The third-order valence-corrected chi connectivity index (χ3v) is 1.75. The van der Waals surface area contributed by atoms with Crippen LogP contribution in [0.15, 0.2) is 0 Å². The Kier molecular flexibility index (Phi) is 7.20. The number of carbonyl (C=O) groups is 1. The average molecular weight is 202 g/mol. The van der Waals surface area contributed by atoms with Gasteiger partial charge >= 0.3 is 6.03 Å². The lowest BCUT2D eigenvalue weighted by Gasteiger charge is -2.18. The topological polar surface area (TPSA) is 41.6 Å². The van der Waals surface area contributed by atoms with Gasteiger partial charge in [0.05, 0.1) is 12.7 Å². The molecule has 0 aliphatic heterocycles. The molecule has 14 heavy (non-hydrogen) atoms. The number of carbonyl (C=O) groups excluding carboxylic acids is 1. The Morgan fingerprint density at radius 3 is 2.64 bits per heavy atom. The molecule has 0 rings (SSSR count). The maximum Gasteiger partial charge on any atom is 0.317 e. The fourth-order valence-corrected chi connectivity index (χ4v) is 0.894. The molecule has 0 aromatic rings. The van der Waals surface area contributed by atoms with E-state index in [1.165, 1.54) is 0 Å². The maximum absolute atomic E-state index is 11.3. The van der Waals surface area contributed by atoms with Crippen LogP contribution in [0.3, 0.4) is 0 Å². The van der Waals surface area contributed by atoms with Gasteiger partial charge in [-0.3, -0.25) is 0 Å². The Morgan fingerprint density at radius 2 is 2.14 bits per heavy atom. The van der Waals surface area contributed by atoms with Crippen LogP contribution in [0.2, 0.25) is 0 Å². The fraction of sp³-hybridized carbons (Fsp3) is 0.900. The molecule has 4 heteroatoms. The van der Waals surface area contributed by atoms with Gasteiger partial charge in [-0.15, -0.1) is 0 Å². The van der Waals surface area contributed by atoms with E-state index in [1.54, 1.807) is 11.9 Å². The highest BCUT2D eigenvalue weighted by molar-refractivity contribution is 5.73. The highest BCUT2D eigenvalue weighted by Gasteiger charge is 2.06. The van der Waals surface area contributed by atoms with E-state index in [0.29, 0.717) is 13.2 Å². The number of ether oxygens (including phenoxy) is 1. The molecule has 0 saturated heterocycles.